The number of unbranched alkanes of at least 4 members (excludes halogenated alkanes) is 12. The van der Waals surface area contributed by atoms with Crippen LogP contribution in [-0.2, 0) is 23.7 Å². The van der Waals surface area contributed by atoms with Crippen molar-refractivity contribution in [3.8, 4) is 0 Å². The van der Waals surface area contributed by atoms with Crippen LogP contribution < -0.4 is 10.6 Å². The van der Waals surface area contributed by atoms with Gasteiger partial charge in [-0.25, -0.2) is 24.0 Å². The molecule has 5 amide bonds. The summed E-state index contributed by atoms with van der Waals surface area (Å²) in [6.07, 6.45) is 74.4. The number of alkyl carbamates (subject to hydrolysis) is 2. The number of nitrogens with zero attached hydrogens (tertiary/aromatic N) is 3. The second kappa shape index (κ2) is 51.6. The van der Waals surface area contributed by atoms with Crippen molar-refractivity contribution >= 4 is 30.5 Å². The summed E-state index contributed by atoms with van der Waals surface area (Å²) in [5.41, 5.74) is -0.0217. The molecule has 1 unspecified atom stereocenters. The van der Waals surface area contributed by atoms with E-state index in [9.17, 15) is 24.0 Å². The minimum absolute atomic E-state index is 0.00861. The van der Waals surface area contributed by atoms with Gasteiger partial charge >= 0.3 is 30.5 Å². The molecule has 15 heteroatoms. The van der Waals surface area contributed by atoms with E-state index < -0.39 is 0 Å². The van der Waals surface area contributed by atoms with E-state index in [-0.39, 0.29) is 64.4 Å². The Hall–Kier alpha value is -4.43. The summed E-state index contributed by atoms with van der Waals surface area (Å²) in [5.74, 6) is 3.75. The Morgan fingerprint density at radius 3 is 1.00 bits per heavy atom. The zero-order valence-corrected chi connectivity index (χ0v) is 77.6. The molecule has 672 valence electrons. The Bertz CT molecular complexity index is 2800. The molecule has 0 aliphatic heterocycles. The molecule has 0 aromatic heterocycles. The smallest absolute Gasteiger partial charge is 0.410 e. The SMILES string of the molecule is CC(C)(OC(=O)N(C1CCCCC1)C1CCCCC1)C12CC3CC(CC(C3)C1)C2.CC(C)(OC(=O)N(C1CCCCC1)C1CCCCC1)C1CCCC1.CC(OC(=O)N(C1CCCCC1)C1CCCCC1)c1ccccc1.CCCCCCCCCNC(=O)OC(C)(C)C1CCCCC1.CCCCCCCCCNC(=O)OC(C)(C)CC. The first-order valence-electron chi connectivity index (χ1n) is 50.4. The number of carbonyl (C=O) groups is 5. The summed E-state index contributed by atoms with van der Waals surface area (Å²) in [6.45, 7) is 26.7. The van der Waals surface area contributed by atoms with Crippen molar-refractivity contribution in [3.63, 3.8) is 0 Å². The highest BCUT2D eigenvalue weighted by molar-refractivity contribution is 5.71. The number of carbonyl (C=O) groups excluding carboxylic acids is 5. The normalized spacial score (nSPS) is 23.8. The molecule has 1 aromatic rings. The molecule has 12 aliphatic carbocycles. The highest BCUT2D eigenvalue weighted by Gasteiger charge is 2.59. The predicted molar refractivity (Wildman–Crippen MR) is 482 cm³/mol. The molecule has 0 radical (unpaired) electrons. The molecule has 4 bridgehead atoms. The van der Waals surface area contributed by atoms with Gasteiger partial charge in [-0.2, -0.15) is 0 Å². The minimum Gasteiger partial charge on any atom is -0.444 e. The molecular weight excluding hydrogens is 1460 g/mol. The van der Waals surface area contributed by atoms with Gasteiger partial charge in [-0.05, 0) is 258 Å². The molecule has 0 spiro atoms. The van der Waals surface area contributed by atoms with Gasteiger partial charge in [0.25, 0.3) is 0 Å². The molecule has 13 rings (SSSR count). The summed E-state index contributed by atoms with van der Waals surface area (Å²) in [6, 6.07) is 12.5. The molecule has 1 aromatic carbocycles. The minimum atomic E-state index is -0.357. The van der Waals surface area contributed by atoms with Gasteiger partial charge in [0.05, 0.1) is 0 Å². The van der Waals surface area contributed by atoms with Crippen LogP contribution in [0, 0.1) is 35.0 Å². The van der Waals surface area contributed by atoms with Crippen molar-refractivity contribution in [2.45, 2.75) is 533 Å². The van der Waals surface area contributed by atoms with Crippen LogP contribution in [0.15, 0.2) is 30.3 Å². The van der Waals surface area contributed by atoms with E-state index in [0.29, 0.717) is 48.1 Å². The van der Waals surface area contributed by atoms with Crippen molar-refractivity contribution in [1.29, 1.82) is 0 Å². The van der Waals surface area contributed by atoms with Crippen LogP contribution in [0.25, 0.3) is 0 Å². The lowest BCUT2D eigenvalue weighted by Gasteiger charge is -2.61. The molecular formula is C102H179N5O10. The average molecular weight is 1640 g/mol. The largest absolute Gasteiger partial charge is 0.444 e. The van der Waals surface area contributed by atoms with Gasteiger partial charge in [-0.15, -0.1) is 0 Å². The summed E-state index contributed by atoms with van der Waals surface area (Å²) in [5, 5.41) is 5.73. The van der Waals surface area contributed by atoms with Gasteiger partial charge < -0.3 is 49.0 Å². The molecule has 0 heterocycles. The third-order valence-corrected chi connectivity index (χ3v) is 30.6. The standard InChI is InChI=1S/C26H43NO2.C21H37NO2.C21H31NO2.C19H37NO2.C15H31NO2/c1-25(2,26-16-19-13-20(17-26)15-21(14-19)18-26)29-24(28)27(22-9-5-3-6-10-22)23-11-7-4-8-12-23;1-21(2,17-11-9-10-12-17)24-20(23)22(18-13-5-3-6-14-18)19-15-7-4-8-16-19;1-17(18-11-5-2-6-12-18)24-21(23)22(19-13-7-3-8-14-19)20-15-9-4-10-16-20;1-4-5-6-7-8-9-13-16-20-18(21)22-19(2,3)17-14-11-10-12-15-17;1-5-7-8-9-10-11-12-13-16-14(17)18-15(3,4)6-2/h19-23H,3-18H2,1-2H3;17-19H,3-16H2,1-2H3;2,5-6,11-12,17,19-20H,3-4,7-10,13-16H2,1H3;17H,4-16H2,1-3H3,(H,20,21);5-13H2,1-4H3,(H,16,17). The highest BCUT2D eigenvalue weighted by Crippen LogP contribution is 2.64. The Labute approximate surface area is 716 Å². The zero-order chi connectivity index (χ0) is 84.0. The molecule has 12 aliphatic rings. The van der Waals surface area contributed by atoms with Gasteiger partial charge in [0.2, 0.25) is 0 Å². The first kappa shape index (κ1) is 98.0. The van der Waals surface area contributed by atoms with Gasteiger partial charge in [-0.3, -0.25) is 0 Å². The number of ether oxygens (including phenoxy) is 5. The van der Waals surface area contributed by atoms with Crippen molar-refractivity contribution in [3.05, 3.63) is 35.9 Å². The van der Waals surface area contributed by atoms with Gasteiger partial charge in [-0.1, -0.05) is 276 Å². The molecule has 1 atom stereocenters. The van der Waals surface area contributed by atoms with Crippen LogP contribution in [0.4, 0.5) is 24.0 Å². The van der Waals surface area contributed by atoms with E-state index in [4.69, 9.17) is 23.7 Å². The van der Waals surface area contributed by atoms with Crippen LogP contribution in [0.2, 0.25) is 0 Å². The molecule has 15 nitrogen and oxygen atoms in total. The monoisotopic (exact) mass is 1630 g/mol. The first-order valence-corrected chi connectivity index (χ1v) is 50.4. The number of benzene rings is 1. The number of rotatable bonds is 32. The van der Waals surface area contributed by atoms with E-state index in [1.54, 1.807) is 0 Å². The molecule has 0 saturated heterocycles. The highest BCUT2D eigenvalue weighted by atomic mass is 16.6. The molecule has 117 heavy (non-hydrogen) atoms. The Kier molecular flexibility index (Phi) is 43.2. The van der Waals surface area contributed by atoms with Crippen LogP contribution in [0.1, 0.15) is 480 Å². The number of hydrogen-bond donors (Lipinski definition) is 2. The fourth-order valence-corrected chi connectivity index (χ4v) is 23.2. The van der Waals surface area contributed by atoms with Crippen LogP contribution in [0.5, 0.6) is 0 Å². The number of hydrogen-bond acceptors (Lipinski definition) is 10. The number of nitrogens with one attached hydrogen (secondary N) is 2. The van der Waals surface area contributed by atoms with Gasteiger partial charge in [0.1, 0.15) is 28.5 Å². The van der Waals surface area contributed by atoms with E-state index >= 15 is 0 Å². The van der Waals surface area contributed by atoms with E-state index in [1.165, 1.54) is 340 Å². The van der Waals surface area contributed by atoms with Crippen LogP contribution in [-0.4, -0.2) is 117 Å². The summed E-state index contributed by atoms with van der Waals surface area (Å²) < 4.78 is 29.6. The maximum Gasteiger partial charge on any atom is 0.410 e. The lowest BCUT2D eigenvalue weighted by molar-refractivity contribution is -0.169. The topological polar surface area (TPSA) is 165 Å². The van der Waals surface area contributed by atoms with E-state index in [2.05, 4.69) is 80.7 Å². The third-order valence-electron chi connectivity index (χ3n) is 30.6. The van der Waals surface area contributed by atoms with Crippen molar-refractivity contribution in [1.82, 2.24) is 25.3 Å². The van der Waals surface area contributed by atoms with Gasteiger partial charge in [0.15, 0.2) is 0 Å². The second-order valence-corrected chi connectivity index (χ2v) is 41.4. The Balaban J connectivity index is 0.000000184. The van der Waals surface area contributed by atoms with E-state index in [1.807, 2.05) is 58.0 Å². The quantitative estimate of drug-likeness (QED) is 0.0524. The Morgan fingerprint density at radius 1 is 0.368 bits per heavy atom. The molecule has 12 fully saturated rings. The zero-order valence-electron chi connectivity index (χ0n) is 77.6. The summed E-state index contributed by atoms with van der Waals surface area (Å²) in [7, 11) is 0. The summed E-state index contributed by atoms with van der Waals surface area (Å²) in [4.78, 5) is 70.0. The maximum absolute atomic E-state index is 13.8. The lowest BCUT2D eigenvalue weighted by Crippen LogP contribution is -2.59. The first-order chi connectivity index (χ1) is 56.4. The van der Waals surface area contributed by atoms with Crippen molar-refractivity contribution in [2.24, 2.45) is 35.0 Å². The third kappa shape index (κ3) is 33.0. The van der Waals surface area contributed by atoms with Crippen LogP contribution >= 0.6 is 0 Å². The lowest BCUT2D eigenvalue weighted by atomic mass is 9.46. The van der Waals surface area contributed by atoms with E-state index in [0.717, 1.165) is 81.4 Å². The van der Waals surface area contributed by atoms with Crippen LogP contribution in [0.3, 0.4) is 0 Å². The second-order valence-electron chi connectivity index (χ2n) is 41.4. The Morgan fingerprint density at radius 2 is 0.658 bits per heavy atom. The summed E-state index contributed by atoms with van der Waals surface area (Å²) >= 11 is 0. The average Bonchev–Trinajstić information content (AvgIpc) is 0.950. The predicted octanol–water partition coefficient (Wildman–Crippen LogP) is 29.5. The van der Waals surface area contributed by atoms with Crippen molar-refractivity contribution in [2.75, 3.05) is 13.1 Å². The molecule has 2 N–H and O–H groups in total. The molecule has 12 saturated carbocycles. The van der Waals surface area contributed by atoms with Crippen molar-refractivity contribution < 1.29 is 47.7 Å². The fourth-order valence-electron chi connectivity index (χ4n) is 23.2. The maximum atomic E-state index is 13.8. The van der Waals surface area contributed by atoms with Gasteiger partial charge in [0, 0.05) is 54.8 Å². The number of amides is 5. The fraction of sp³-hybridized carbons (Fsp3) is 0.892.